The Hall–Kier alpha value is -6.08. The number of amides is 2. The average Bonchev–Trinajstić information content (AvgIpc) is 1.41. The van der Waals surface area contributed by atoms with Gasteiger partial charge in [-0.1, -0.05) is 149 Å². The summed E-state index contributed by atoms with van der Waals surface area (Å²) >= 11 is 0. The number of nitrogens with one attached hydrogen (secondary N) is 2. The van der Waals surface area contributed by atoms with Gasteiger partial charge in [0.25, 0.3) is 11.8 Å². The number of epoxide rings is 4. The maximum absolute atomic E-state index is 14.5. The van der Waals surface area contributed by atoms with Crippen molar-refractivity contribution in [1.29, 1.82) is 0 Å². The van der Waals surface area contributed by atoms with Crippen molar-refractivity contribution in [3.05, 3.63) is 204 Å². The first kappa shape index (κ1) is 63.9. The zero-order chi connectivity index (χ0) is 61.2. The summed E-state index contributed by atoms with van der Waals surface area (Å²) in [6, 6.07) is 48.7. The van der Waals surface area contributed by atoms with Crippen LogP contribution in [0.1, 0.15) is 88.5 Å². The van der Waals surface area contributed by atoms with Gasteiger partial charge in [-0.3, -0.25) is 9.59 Å². The van der Waals surface area contributed by atoms with Crippen LogP contribution >= 0.6 is 0 Å². The van der Waals surface area contributed by atoms with Crippen LogP contribution in [0.2, 0.25) is 0 Å². The number of fused-ring (bicyclic) bond motifs is 6. The van der Waals surface area contributed by atoms with Gasteiger partial charge in [-0.2, -0.15) is 0 Å². The van der Waals surface area contributed by atoms with Crippen molar-refractivity contribution in [2.24, 2.45) is 11.8 Å². The second kappa shape index (κ2) is 24.0. The molecule has 0 saturated carbocycles. The summed E-state index contributed by atoms with van der Waals surface area (Å²) < 4.78 is 55.3. The van der Waals surface area contributed by atoms with Crippen molar-refractivity contribution in [1.82, 2.24) is 9.80 Å². The largest absolute Gasteiger partial charge is 2.00 e. The van der Waals surface area contributed by atoms with Gasteiger partial charge in [0.2, 0.25) is 11.2 Å². The number of aliphatic hydroxyl groups excluding tert-OH is 4. The minimum Gasteiger partial charge on any atom is -0.550 e. The summed E-state index contributed by atoms with van der Waals surface area (Å²) in [5, 5.41) is 69.8. The number of rotatable bonds is 24. The Morgan fingerprint density at radius 1 is 0.460 bits per heavy atom. The fourth-order valence-electron chi connectivity index (χ4n) is 14.5. The number of benzene rings is 6. The van der Waals surface area contributed by atoms with Gasteiger partial charge < -0.3 is 69.8 Å². The van der Waals surface area contributed by atoms with Gasteiger partial charge in [-0.15, -0.1) is 0 Å². The van der Waals surface area contributed by atoms with Crippen LogP contribution in [0, 0.1) is 23.5 Å². The average molecular weight is 1220 g/mol. The molecule has 6 saturated heterocycles. The van der Waals surface area contributed by atoms with Gasteiger partial charge in [0.15, 0.2) is 34.1 Å². The van der Waals surface area contributed by atoms with Crippen molar-refractivity contribution in [2.75, 3.05) is 23.7 Å². The van der Waals surface area contributed by atoms with Crippen LogP contribution in [-0.2, 0) is 60.8 Å². The molecule has 6 N–H and O–H groups in total. The van der Waals surface area contributed by atoms with Crippen LogP contribution in [0.3, 0.4) is 0 Å². The first-order chi connectivity index (χ1) is 41.1. The molecule has 6 heterocycles. The second-order valence-electron chi connectivity index (χ2n) is 23.6. The number of halogens is 2. The van der Waals surface area contributed by atoms with Gasteiger partial charge in [0.05, 0.1) is 24.4 Å². The number of aliphatic hydroxyl groups is 4. The molecule has 87 heavy (non-hydrogen) atoms. The SMILES string of the molecule is CC(C)C12OC1(C(=O)Nc1ccccc1)C1(c3ccccc3)OC1(c1ccc(F)cc1)N2CC[C@@H](O)C[C@@H](O)CC(=O)[O-].CC(C)C12OC1(C(=O)Nc1ccccc1)C1(c3ccccc3)OC1(c1ccc(F)cc1)N2CC[C@@H](O)C[C@@H](O)CC(=O)[O-].[Ca+2]. The molecule has 6 aromatic rings. The predicted molar refractivity (Wildman–Crippen MR) is 308 cm³/mol. The quantitative estimate of drug-likeness (QED) is 0.0349. The van der Waals surface area contributed by atoms with Gasteiger partial charge in [-0.05, 0) is 97.2 Å². The van der Waals surface area contributed by atoms with E-state index in [4.69, 9.17) is 18.9 Å². The minimum atomic E-state index is -1.53. The summed E-state index contributed by atoms with van der Waals surface area (Å²) in [5.41, 5.74) is -6.79. The topological polar surface area (TPSA) is 276 Å². The number of carbonyl (C=O) groups excluding carboxylic acids is 4. The van der Waals surface area contributed by atoms with Crippen LogP contribution < -0.4 is 20.8 Å². The maximum atomic E-state index is 14.5. The third-order valence-corrected chi connectivity index (χ3v) is 17.9. The molecule has 6 aliphatic heterocycles. The number of carbonyl (C=O) groups is 4. The van der Waals surface area contributed by atoms with Gasteiger partial charge in [0.1, 0.15) is 11.6 Å². The van der Waals surface area contributed by atoms with Crippen LogP contribution in [0.15, 0.2) is 170 Å². The number of carboxylic acid groups (broad SMARTS) is 2. The smallest absolute Gasteiger partial charge is 0.550 e. The number of hydrogen-bond donors (Lipinski definition) is 6. The van der Waals surface area contributed by atoms with Crippen LogP contribution in [0.25, 0.3) is 0 Å². The van der Waals surface area contributed by atoms with Crippen molar-refractivity contribution in [3.8, 4) is 0 Å². The fourth-order valence-corrected chi connectivity index (χ4v) is 14.5. The molecule has 6 aromatic carbocycles. The minimum absolute atomic E-state index is 0. The van der Waals surface area contributed by atoms with E-state index in [1.165, 1.54) is 24.3 Å². The fraction of sp³-hybridized carbons (Fsp3) is 0.394. The van der Waals surface area contributed by atoms with Gasteiger partial charge in [-0.25, -0.2) is 18.6 Å². The van der Waals surface area contributed by atoms with Crippen molar-refractivity contribution < 1.29 is 77.5 Å². The van der Waals surface area contributed by atoms with Crippen molar-refractivity contribution in [2.45, 2.75) is 136 Å². The molecule has 12 rings (SSSR count). The number of hydrogen-bond acceptors (Lipinski definition) is 16. The van der Waals surface area contributed by atoms with Crippen LogP contribution in [0.4, 0.5) is 20.2 Å². The third kappa shape index (κ3) is 9.85. The Morgan fingerprint density at radius 2 is 0.770 bits per heavy atom. The molecule has 2 amide bonds. The number of nitrogens with zero attached hydrogens (tertiary/aromatic N) is 2. The zero-order valence-electron chi connectivity index (χ0n) is 48.5. The molecule has 6 aliphatic rings. The molecule has 18 nitrogen and oxygen atoms in total. The first-order valence-electron chi connectivity index (χ1n) is 28.9. The van der Waals surface area contributed by atoms with Crippen LogP contribution in [0.5, 0.6) is 0 Å². The molecular weight excluding hydrogens is 1150 g/mol. The van der Waals surface area contributed by atoms with Crippen molar-refractivity contribution in [3.63, 3.8) is 0 Å². The Morgan fingerprint density at radius 3 is 1.07 bits per heavy atom. The molecule has 0 bridgehead atoms. The summed E-state index contributed by atoms with van der Waals surface area (Å²) in [6.45, 7) is 8.12. The molecular formula is C66H68CaF2N4O14. The molecule has 0 aromatic heterocycles. The van der Waals surface area contributed by atoms with E-state index >= 15 is 0 Å². The Kier molecular flexibility index (Phi) is 17.7. The molecule has 8 unspecified atom stereocenters. The van der Waals surface area contributed by atoms with E-state index in [1.54, 1.807) is 48.5 Å². The molecule has 452 valence electrons. The predicted octanol–water partition coefficient (Wildman–Crippen LogP) is 4.86. The monoisotopic (exact) mass is 1220 g/mol. The number of anilines is 2. The number of para-hydroxylation sites is 2. The number of ether oxygens (including phenoxy) is 4. The van der Waals surface area contributed by atoms with E-state index in [1.807, 2.05) is 135 Å². The summed E-state index contributed by atoms with van der Waals surface area (Å²) in [5.74, 6) is -4.96. The summed E-state index contributed by atoms with van der Waals surface area (Å²) in [7, 11) is 0. The van der Waals surface area contributed by atoms with E-state index in [0.717, 1.165) is 0 Å². The number of aliphatic carboxylic acids is 2. The van der Waals surface area contributed by atoms with Crippen LogP contribution in [-0.4, -0.2) is 152 Å². The zero-order valence-corrected chi connectivity index (χ0v) is 50.7. The maximum Gasteiger partial charge on any atom is 2.00 e. The molecule has 0 aliphatic carbocycles. The van der Waals surface area contributed by atoms with Gasteiger partial charge in [0, 0.05) is 60.4 Å². The van der Waals surface area contributed by atoms with E-state index in [-0.39, 0.29) is 88.3 Å². The van der Waals surface area contributed by atoms with Gasteiger partial charge >= 0.3 is 37.7 Å². The Bertz CT molecular complexity index is 3250. The standard InChI is InChI=1S/2C33H35FN2O7.Ca/c2*1-21(2)32-31(43-32,29(41)35-25-11-7-4-8-12-25)30(22-9-5-3-6-10-22)33(42-30,23-13-15-24(34)16-14-23)36(32)18-17-26(37)19-27(38)20-28(39)40;/h2*3-16,21,26-27,37-38H,17-20H2,1-2H3,(H,35,41)(H,39,40);/q;;+2/p-2/t2*26-,27-,30?,31?,32?,33?;/m11./s1. The number of carboxylic acids is 2. The Balaban J connectivity index is 0.000000190. The molecule has 6 fully saturated rings. The third-order valence-electron chi connectivity index (χ3n) is 17.9. The van der Waals surface area contributed by atoms with E-state index in [0.29, 0.717) is 33.6 Å². The molecule has 0 spiro atoms. The molecule has 12 atom stereocenters. The number of likely N-dealkylation sites (tertiary alicyclic amines) is 2. The van der Waals surface area contributed by atoms with E-state index in [2.05, 4.69) is 10.6 Å². The molecule has 0 radical (unpaired) electrons. The van der Waals surface area contributed by atoms with Crippen molar-refractivity contribution >= 4 is 72.9 Å². The second-order valence-corrected chi connectivity index (χ2v) is 23.6. The Labute approximate surface area is 532 Å². The normalized spacial score (nSPS) is 29.9. The van der Waals surface area contributed by atoms with E-state index in [9.17, 15) is 58.6 Å². The summed E-state index contributed by atoms with van der Waals surface area (Å²) in [6.07, 6.45) is -6.03. The molecule has 21 heteroatoms. The first-order valence-corrected chi connectivity index (χ1v) is 28.9. The van der Waals surface area contributed by atoms with E-state index < -0.39 is 118 Å². The summed E-state index contributed by atoms with van der Waals surface area (Å²) in [4.78, 5) is 54.8.